The minimum absolute atomic E-state index is 0.146. The Hall–Kier alpha value is -1.81. The Morgan fingerprint density at radius 3 is 2.71 bits per heavy atom. The maximum absolute atomic E-state index is 8.98. The van der Waals surface area contributed by atoms with Gasteiger partial charge < -0.3 is 0 Å². The summed E-state index contributed by atoms with van der Waals surface area (Å²) in [4.78, 5) is 0. The molecule has 0 saturated heterocycles. The van der Waals surface area contributed by atoms with Crippen molar-refractivity contribution in [2.45, 2.75) is 27.2 Å². The molecule has 1 heteroatoms. The minimum atomic E-state index is 0.146. The second kappa shape index (κ2) is 4.22. The first-order chi connectivity index (χ1) is 8.04. The quantitative estimate of drug-likeness (QED) is 0.695. The first-order valence-corrected chi connectivity index (χ1v) is 5.93. The second-order valence-corrected chi connectivity index (χ2v) is 5.24. The number of hydrogen-bond acceptors (Lipinski definition) is 1. The van der Waals surface area contributed by atoms with E-state index in [9.17, 15) is 0 Å². The monoisotopic (exact) mass is 223 g/mol. The van der Waals surface area contributed by atoms with Gasteiger partial charge in [0.25, 0.3) is 0 Å². The highest BCUT2D eigenvalue weighted by molar-refractivity contribution is 5.76. The minimum Gasteiger partial charge on any atom is -0.192 e. The number of benzene rings is 1. The zero-order valence-electron chi connectivity index (χ0n) is 10.6. The lowest BCUT2D eigenvalue weighted by Gasteiger charge is -2.32. The molecule has 17 heavy (non-hydrogen) atoms. The molecule has 0 saturated carbocycles. The molecule has 0 atom stereocenters. The summed E-state index contributed by atoms with van der Waals surface area (Å²) < 4.78 is 0. The third kappa shape index (κ3) is 2.17. The lowest BCUT2D eigenvalue weighted by Crippen LogP contribution is -2.16. The van der Waals surface area contributed by atoms with Crippen molar-refractivity contribution in [3.05, 3.63) is 53.1 Å². The molecule has 0 bridgehead atoms. The second-order valence-electron chi connectivity index (χ2n) is 5.24. The van der Waals surface area contributed by atoms with Crippen LogP contribution in [-0.4, -0.2) is 0 Å². The topological polar surface area (TPSA) is 23.8 Å². The van der Waals surface area contributed by atoms with Gasteiger partial charge in [0, 0.05) is 0 Å². The Morgan fingerprint density at radius 2 is 2.06 bits per heavy atom. The first kappa shape index (κ1) is 11.7. The molecule has 1 aromatic carbocycles. The van der Waals surface area contributed by atoms with Gasteiger partial charge in [-0.15, -0.1) is 0 Å². The van der Waals surface area contributed by atoms with Gasteiger partial charge in [0.05, 0.1) is 11.6 Å². The Morgan fingerprint density at radius 1 is 1.29 bits per heavy atom. The summed E-state index contributed by atoms with van der Waals surface area (Å²) in [5.74, 6) is 0. The Bertz CT molecular complexity index is 539. The van der Waals surface area contributed by atoms with Crippen LogP contribution in [0.25, 0.3) is 5.57 Å². The smallest absolute Gasteiger partial charge is 0.0991 e. The van der Waals surface area contributed by atoms with Crippen LogP contribution in [0.2, 0.25) is 0 Å². The fraction of sp³-hybridized carbons (Fsp3) is 0.312. The van der Waals surface area contributed by atoms with Crippen molar-refractivity contribution >= 4 is 5.57 Å². The van der Waals surface area contributed by atoms with E-state index in [0.29, 0.717) is 0 Å². The van der Waals surface area contributed by atoms with Crippen molar-refractivity contribution in [1.29, 1.82) is 5.26 Å². The molecule has 0 aliphatic heterocycles. The van der Waals surface area contributed by atoms with Gasteiger partial charge >= 0.3 is 0 Å². The summed E-state index contributed by atoms with van der Waals surface area (Å²) >= 11 is 0. The SMILES string of the molecule is CC1=C(c2cccc(C#N)c2)C(C)(C)CC=C1. The highest BCUT2D eigenvalue weighted by Gasteiger charge is 2.27. The van der Waals surface area contributed by atoms with E-state index in [0.717, 1.165) is 12.0 Å². The number of nitrogens with zero attached hydrogens (tertiary/aromatic N) is 1. The molecule has 0 spiro atoms. The Kier molecular flexibility index (Phi) is 2.90. The van der Waals surface area contributed by atoms with Crippen LogP contribution in [-0.2, 0) is 0 Å². The van der Waals surface area contributed by atoms with E-state index in [1.54, 1.807) is 0 Å². The number of allylic oxidation sites excluding steroid dienone is 4. The molecule has 0 unspecified atom stereocenters. The van der Waals surface area contributed by atoms with Crippen molar-refractivity contribution in [3.63, 3.8) is 0 Å². The van der Waals surface area contributed by atoms with E-state index in [2.05, 4.69) is 45.1 Å². The third-order valence-electron chi connectivity index (χ3n) is 3.35. The van der Waals surface area contributed by atoms with Crippen molar-refractivity contribution in [2.75, 3.05) is 0 Å². The summed E-state index contributed by atoms with van der Waals surface area (Å²) in [7, 11) is 0. The zero-order chi connectivity index (χ0) is 12.5. The molecule has 0 radical (unpaired) electrons. The van der Waals surface area contributed by atoms with Gasteiger partial charge in [0.15, 0.2) is 0 Å². The van der Waals surface area contributed by atoms with Gasteiger partial charge in [-0.2, -0.15) is 5.26 Å². The van der Waals surface area contributed by atoms with Gasteiger partial charge in [-0.1, -0.05) is 38.1 Å². The normalized spacial score (nSPS) is 18.0. The lowest BCUT2D eigenvalue weighted by atomic mass is 9.73. The lowest BCUT2D eigenvalue weighted by molar-refractivity contribution is 0.502. The van der Waals surface area contributed by atoms with E-state index < -0.39 is 0 Å². The van der Waals surface area contributed by atoms with Gasteiger partial charge in [-0.05, 0) is 47.6 Å². The molecule has 1 nitrogen and oxygen atoms in total. The van der Waals surface area contributed by atoms with Crippen LogP contribution in [0.5, 0.6) is 0 Å². The zero-order valence-corrected chi connectivity index (χ0v) is 10.6. The molecular formula is C16H17N. The third-order valence-corrected chi connectivity index (χ3v) is 3.35. The maximum atomic E-state index is 8.98. The average molecular weight is 223 g/mol. The van der Waals surface area contributed by atoms with E-state index >= 15 is 0 Å². The fourth-order valence-electron chi connectivity index (χ4n) is 2.61. The van der Waals surface area contributed by atoms with E-state index in [1.165, 1.54) is 16.7 Å². The molecule has 86 valence electrons. The molecular weight excluding hydrogens is 206 g/mol. The van der Waals surface area contributed by atoms with Crippen LogP contribution < -0.4 is 0 Å². The van der Waals surface area contributed by atoms with Crippen LogP contribution in [0.3, 0.4) is 0 Å². The standard InChI is InChI=1S/C16H17N/c1-12-6-5-9-16(2,3)15(12)14-8-4-7-13(10-14)11-17/h4-8,10H,9H2,1-3H3. The van der Waals surface area contributed by atoms with Gasteiger partial charge in [-0.3, -0.25) is 0 Å². The van der Waals surface area contributed by atoms with Crippen molar-refractivity contribution in [3.8, 4) is 6.07 Å². The highest BCUT2D eigenvalue weighted by Crippen LogP contribution is 2.43. The van der Waals surface area contributed by atoms with E-state index in [1.807, 2.05) is 18.2 Å². The highest BCUT2D eigenvalue weighted by atomic mass is 14.3. The van der Waals surface area contributed by atoms with Gasteiger partial charge in [0.1, 0.15) is 0 Å². The van der Waals surface area contributed by atoms with Gasteiger partial charge in [0.2, 0.25) is 0 Å². The molecule has 0 N–H and O–H groups in total. The average Bonchev–Trinajstić information content (AvgIpc) is 2.28. The maximum Gasteiger partial charge on any atom is 0.0991 e. The number of nitriles is 1. The first-order valence-electron chi connectivity index (χ1n) is 5.93. The molecule has 1 aliphatic rings. The molecule has 0 amide bonds. The molecule has 1 aliphatic carbocycles. The Labute approximate surface area is 103 Å². The predicted octanol–water partition coefficient (Wildman–Crippen LogP) is 4.32. The van der Waals surface area contributed by atoms with Crippen molar-refractivity contribution in [2.24, 2.45) is 5.41 Å². The van der Waals surface area contributed by atoms with Crippen LogP contribution >= 0.6 is 0 Å². The van der Waals surface area contributed by atoms with Crippen LogP contribution in [0, 0.1) is 16.7 Å². The van der Waals surface area contributed by atoms with Crippen molar-refractivity contribution in [1.82, 2.24) is 0 Å². The van der Waals surface area contributed by atoms with Gasteiger partial charge in [-0.25, -0.2) is 0 Å². The number of hydrogen-bond donors (Lipinski definition) is 0. The van der Waals surface area contributed by atoms with Crippen LogP contribution in [0.4, 0.5) is 0 Å². The Balaban J connectivity index is 2.58. The predicted molar refractivity (Wildman–Crippen MR) is 71.3 cm³/mol. The van der Waals surface area contributed by atoms with Crippen LogP contribution in [0.1, 0.15) is 38.3 Å². The summed E-state index contributed by atoms with van der Waals surface area (Å²) in [5, 5.41) is 8.98. The summed E-state index contributed by atoms with van der Waals surface area (Å²) in [6.07, 6.45) is 5.46. The molecule has 0 aromatic heterocycles. The van der Waals surface area contributed by atoms with E-state index in [-0.39, 0.29) is 5.41 Å². The van der Waals surface area contributed by atoms with Crippen LogP contribution in [0.15, 0.2) is 42.0 Å². The molecule has 1 aromatic rings. The van der Waals surface area contributed by atoms with E-state index in [4.69, 9.17) is 5.26 Å². The molecule has 2 rings (SSSR count). The summed E-state index contributed by atoms with van der Waals surface area (Å²) in [6.45, 7) is 6.66. The fourth-order valence-corrected chi connectivity index (χ4v) is 2.61. The summed E-state index contributed by atoms with van der Waals surface area (Å²) in [6, 6.07) is 10.1. The molecule has 0 heterocycles. The largest absolute Gasteiger partial charge is 0.192 e. The van der Waals surface area contributed by atoms with Crippen molar-refractivity contribution < 1.29 is 0 Å². The summed E-state index contributed by atoms with van der Waals surface area (Å²) in [5.41, 5.74) is 4.71. The molecule has 0 fully saturated rings. The number of rotatable bonds is 1.